The lowest BCUT2D eigenvalue weighted by Gasteiger charge is -2.35. The van der Waals surface area contributed by atoms with Gasteiger partial charge >= 0.3 is 6.03 Å². The molecule has 6 heterocycles. The molecule has 2 amide bonds. The minimum atomic E-state index is -0.442. The number of carbonyl (C=O) groups is 1. The van der Waals surface area contributed by atoms with Crippen molar-refractivity contribution >= 4 is 23.4 Å². The molecular formula is C23H18FN7O2. The summed E-state index contributed by atoms with van der Waals surface area (Å²) < 4.78 is 19.0. The lowest BCUT2D eigenvalue weighted by molar-refractivity contribution is 0.254. The number of urea groups is 1. The fraction of sp³-hybridized carbons (Fsp3) is 0.174. The van der Waals surface area contributed by atoms with Gasteiger partial charge in [0.05, 0.1) is 29.8 Å². The Balaban J connectivity index is 1.34. The molecule has 0 saturated carbocycles. The normalized spacial score (nSPS) is 16.6. The number of halogens is 1. The standard InChI is InChI=1S/C23H18FN7O2/c24-15-8-14(9-25-10-15)17-4-5-19-22(28-17)31(16-6-7-30(19)12-16)23(32)29-21-3-1-2-18(27-21)20-11-26-13-33-20/h1-5,8-11,13,16H,6-7,12H2,(H,27,29,32)/t16-/m0/s1. The van der Waals surface area contributed by atoms with Crippen molar-refractivity contribution < 1.29 is 13.6 Å². The number of fused-ring (bicyclic) bond motifs is 4. The second-order valence-electron chi connectivity index (χ2n) is 7.89. The van der Waals surface area contributed by atoms with Crippen LogP contribution in [-0.4, -0.2) is 45.1 Å². The highest BCUT2D eigenvalue weighted by Crippen LogP contribution is 2.40. The van der Waals surface area contributed by atoms with Gasteiger partial charge < -0.3 is 9.32 Å². The Bertz CT molecular complexity index is 1340. The van der Waals surface area contributed by atoms with Crippen molar-refractivity contribution in [2.45, 2.75) is 12.5 Å². The predicted molar refractivity (Wildman–Crippen MR) is 119 cm³/mol. The molecule has 0 aliphatic carbocycles. The van der Waals surface area contributed by atoms with Crippen LogP contribution in [0.4, 0.5) is 26.5 Å². The third kappa shape index (κ3) is 3.45. The van der Waals surface area contributed by atoms with Crippen LogP contribution >= 0.6 is 0 Å². The molecule has 1 fully saturated rings. The van der Waals surface area contributed by atoms with Crippen LogP contribution in [0.5, 0.6) is 0 Å². The number of pyridine rings is 3. The van der Waals surface area contributed by atoms with Crippen LogP contribution in [0.2, 0.25) is 0 Å². The molecule has 10 heteroatoms. The molecule has 9 nitrogen and oxygen atoms in total. The van der Waals surface area contributed by atoms with Crippen molar-refractivity contribution in [2.24, 2.45) is 0 Å². The maximum absolute atomic E-state index is 13.7. The van der Waals surface area contributed by atoms with Crippen molar-refractivity contribution in [1.82, 2.24) is 19.9 Å². The zero-order valence-corrected chi connectivity index (χ0v) is 17.3. The number of oxazole rings is 1. The first-order chi connectivity index (χ1) is 16.2. The smallest absolute Gasteiger partial charge is 0.329 e. The monoisotopic (exact) mass is 443 g/mol. The summed E-state index contributed by atoms with van der Waals surface area (Å²) in [5.41, 5.74) is 2.53. The molecule has 2 aliphatic heterocycles. The van der Waals surface area contributed by atoms with E-state index in [0.717, 1.165) is 31.4 Å². The average molecular weight is 443 g/mol. The summed E-state index contributed by atoms with van der Waals surface area (Å²) in [4.78, 5) is 34.4. The summed E-state index contributed by atoms with van der Waals surface area (Å²) in [6.07, 6.45) is 6.42. The van der Waals surface area contributed by atoms with Gasteiger partial charge in [-0.3, -0.25) is 15.2 Å². The van der Waals surface area contributed by atoms with Crippen molar-refractivity contribution in [1.29, 1.82) is 0 Å². The number of anilines is 3. The first-order valence-electron chi connectivity index (χ1n) is 10.5. The molecule has 1 atom stereocenters. The second kappa shape index (κ2) is 7.66. The summed E-state index contributed by atoms with van der Waals surface area (Å²) in [6.45, 7) is 1.57. The Morgan fingerprint density at radius 3 is 2.88 bits per heavy atom. The summed E-state index contributed by atoms with van der Waals surface area (Å²) in [5.74, 6) is 0.995. The van der Waals surface area contributed by atoms with E-state index < -0.39 is 5.82 Å². The maximum atomic E-state index is 13.7. The number of carbonyl (C=O) groups excluding carboxylic acids is 1. The third-order valence-electron chi connectivity index (χ3n) is 5.84. The zero-order valence-electron chi connectivity index (χ0n) is 17.3. The van der Waals surface area contributed by atoms with Gasteiger partial charge in [-0.1, -0.05) is 6.07 Å². The third-order valence-corrected chi connectivity index (χ3v) is 5.84. The van der Waals surface area contributed by atoms with E-state index in [4.69, 9.17) is 9.40 Å². The van der Waals surface area contributed by atoms with Gasteiger partial charge in [0.1, 0.15) is 17.3 Å². The molecule has 4 aromatic rings. The summed E-state index contributed by atoms with van der Waals surface area (Å²) >= 11 is 0. The maximum Gasteiger partial charge on any atom is 0.329 e. The molecule has 0 aromatic carbocycles. The Morgan fingerprint density at radius 1 is 1.09 bits per heavy atom. The SMILES string of the molecule is O=C(Nc1cccc(-c2cnco2)n1)N1c2nc(-c3cncc(F)c3)ccc2N2CC[C@H]1C2. The molecule has 164 valence electrons. The van der Waals surface area contributed by atoms with Gasteiger partial charge in [0, 0.05) is 24.8 Å². The predicted octanol–water partition coefficient (Wildman–Crippen LogP) is 3.96. The molecular weight excluding hydrogens is 425 g/mol. The Labute approximate surface area is 187 Å². The quantitative estimate of drug-likeness (QED) is 0.511. The molecule has 2 aliphatic rings. The van der Waals surface area contributed by atoms with E-state index in [-0.39, 0.29) is 12.1 Å². The Kier molecular flexibility index (Phi) is 4.49. The minimum Gasteiger partial charge on any atom is -0.442 e. The molecule has 6 rings (SSSR count). The summed E-state index contributed by atoms with van der Waals surface area (Å²) in [7, 11) is 0. The van der Waals surface area contributed by atoms with Crippen molar-refractivity contribution in [3.63, 3.8) is 0 Å². The minimum absolute atomic E-state index is 0.0247. The average Bonchev–Trinajstić information content (AvgIpc) is 3.51. The second-order valence-corrected chi connectivity index (χ2v) is 7.89. The van der Waals surface area contributed by atoms with Crippen molar-refractivity contribution in [3.05, 3.63) is 67.2 Å². The molecule has 2 bridgehead atoms. The highest BCUT2D eigenvalue weighted by Gasteiger charge is 2.40. The molecule has 4 aromatic heterocycles. The number of hydrogen-bond acceptors (Lipinski definition) is 7. The lowest BCUT2D eigenvalue weighted by atomic mass is 10.1. The van der Waals surface area contributed by atoms with Crippen molar-refractivity contribution in [2.75, 3.05) is 28.2 Å². The number of aromatic nitrogens is 4. The number of rotatable bonds is 3. The molecule has 0 spiro atoms. The molecule has 0 radical (unpaired) electrons. The van der Waals surface area contributed by atoms with Gasteiger partial charge in [0.25, 0.3) is 0 Å². The fourth-order valence-electron chi connectivity index (χ4n) is 4.34. The van der Waals surface area contributed by atoms with Crippen LogP contribution in [0.25, 0.3) is 22.7 Å². The lowest BCUT2D eigenvalue weighted by Crippen LogP contribution is -2.48. The number of hydrogen-bond donors (Lipinski definition) is 1. The Hall–Kier alpha value is -4.34. The summed E-state index contributed by atoms with van der Waals surface area (Å²) in [5, 5.41) is 2.89. The summed E-state index contributed by atoms with van der Waals surface area (Å²) in [6, 6.07) is 10.1. The van der Waals surface area contributed by atoms with Crippen LogP contribution in [0.3, 0.4) is 0 Å². The van der Waals surface area contributed by atoms with Crippen LogP contribution in [0.15, 0.2) is 65.8 Å². The van der Waals surface area contributed by atoms with E-state index in [0.29, 0.717) is 34.3 Å². The van der Waals surface area contributed by atoms with Gasteiger partial charge in [-0.15, -0.1) is 0 Å². The molecule has 1 N–H and O–H groups in total. The number of nitrogens with zero attached hydrogens (tertiary/aromatic N) is 6. The van der Waals surface area contributed by atoms with E-state index in [1.807, 2.05) is 12.1 Å². The fourth-order valence-corrected chi connectivity index (χ4v) is 4.34. The van der Waals surface area contributed by atoms with Gasteiger partial charge in [-0.05, 0) is 36.8 Å². The molecule has 33 heavy (non-hydrogen) atoms. The number of amides is 2. The van der Waals surface area contributed by atoms with E-state index in [2.05, 4.69) is 25.2 Å². The largest absolute Gasteiger partial charge is 0.442 e. The molecule has 1 saturated heterocycles. The molecule has 0 unspecified atom stereocenters. The van der Waals surface area contributed by atoms with Gasteiger partial charge in [-0.25, -0.2) is 24.1 Å². The van der Waals surface area contributed by atoms with Crippen LogP contribution in [-0.2, 0) is 0 Å². The zero-order chi connectivity index (χ0) is 22.4. The van der Waals surface area contributed by atoms with E-state index in [9.17, 15) is 9.18 Å². The van der Waals surface area contributed by atoms with E-state index in [1.54, 1.807) is 35.5 Å². The van der Waals surface area contributed by atoms with Gasteiger partial charge in [0.2, 0.25) is 0 Å². The first kappa shape index (κ1) is 19.4. The highest BCUT2D eigenvalue weighted by molar-refractivity contribution is 6.04. The van der Waals surface area contributed by atoms with Crippen molar-refractivity contribution in [3.8, 4) is 22.7 Å². The van der Waals surface area contributed by atoms with Crippen LogP contribution in [0, 0.1) is 5.82 Å². The van der Waals surface area contributed by atoms with Crippen LogP contribution in [0.1, 0.15) is 6.42 Å². The van der Waals surface area contributed by atoms with E-state index in [1.165, 1.54) is 12.5 Å². The Morgan fingerprint density at radius 2 is 2.03 bits per heavy atom. The highest BCUT2D eigenvalue weighted by atomic mass is 19.1. The first-order valence-corrected chi connectivity index (χ1v) is 10.5. The van der Waals surface area contributed by atoms with Gasteiger partial charge in [0.15, 0.2) is 18.0 Å². The topological polar surface area (TPSA) is 100 Å². The van der Waals surface area contributed by atoms with Crippen LogP contribution < -0.4 is 15.1 Å². The van der Waals surface area contributed by atoms with Gasteiger partial charge in [-0.2, -0.15) is 0 Å². The van der Waals surface area contributed by atoms with E-state index >= 15 is 0 Å². The number of nitrogens with one attached hydrogen (secondary N) is 1.